The number of nitrogens with zero attached hydrogens (tertiary/aromatic N) is 2. The largest absolute Gasteiger partial charge is 0.477 e. The normalized spacial score (nSPS) is 20.4. The van der Waals surface area contributed by atoms with Gasteiger partial charge >= 0.3 is 0 Å². The standard InChI is InChI=1S/C71H71BN2OS/c1-41-19-28-54-51(32-41)52-33-42(2)31-43(3)63(52)71(54)40-46-34-57-58(39-61(46)75-71)73(49-24-20-47(21-25-49)67(4,5)6)59-35-45(44-17-15-14-16-18-44)36-60-65(59)72(57)64-53-37-55-56(70(12,13)30-29-69(55,10)11)38-62(53)76-66(64)74(60)50-26-22-48(23-27-50)68(7,8)9/h14-28,32-39,43H,29-31,40H2,1-13H3. The Labute approximate surface area is 456 Å². The fourth-order valence-corrected chi connectivity index (χ4v) is 16.0. The monoisotopic (exact) mass is 1010 g/mol. The molecule has 3 aliphatic heterocycles. The van der Waals surface area contributed by atoms with Crippen molar-refractivity contribution >= 4 is 83.5 Å². The first-order chi connectivity index (χ1) is 36.1. The average molecular weight is 1010 g/mol. The van der Waals surface area contributed by atoms with Crippen LogP contribution in [0.2, 0.25) is 0 Å². The van der Waals surface area contributed by atoms with Crippen LogP contribution in [0.5, 0.6) is 5.75 Å². The van der Waals surface area contributed by atoms with Crippen molar-refractivity contribution in [2.24, 2.45) is 5.92 Å². The van der Waals surface area contributed by atoms with E-state index in [9.17, 15) is 0 Å². The van der Waals surface area contributed by atoms with Crippen molar-refractivity contribution in [3.05, 3.63) is 195 Å². The first-order valence-corrected chi connectivity index (χ1v) is 29.0. The summed E-state index contributed by atoms with van der Waals surface area (Å²) in [7, 11) is 0. The molecule has 0 fully saturated rings. The van der Waals surface area contributed by atoms with Crippen molar-refractivity contribution in [3.8, 4) is 16.9 Å². The third kappa shape index (κ3) is 6.92. The van der Waals surface area contributed by atoms with Gasteiger partial charge < -0.3 is 14.5 Å². The molecule has 3 nitrogen and oxygen atoms in total. The summed E-state index contributed by atoms with van der Waals surface area (Å²) in [6.45, 7) is 30.8. The summed E-state index contributed by atoms with van der Waals surface area (Å²) in [5.74, 6) is 1.36. The van der Waals surface area contributed by atoms with Gasteiger partial charge in [-0.25, -0.2) is 0 Å². The number of ether oxygens (including phenoxy) is 1. The fraction of sp³-hybridized carbons (Fsp3) is 0.324. The third-order valence-corrected chi connectivity index (χ3v) is 19.9. The quantitative estimate of drug-likeness (QED) is 0.164. The number of thiophene rings is 1. The Kier molecular flexibility index (Phi) is 10.1. The molecular formula is C71H71BN2OS. The van der Waals surface area contributed by atoms with E-state index >= 15 is 0 Å². The number of hydrogen-bond donors (Lipinski definition) is 0. The second kappa shape index (κ2) is 16.0. The summed E-state index contributed by atoms with van der Waals surface area (Å²) >= 11 is 2.00. The molecule has 4 heterocycles. The molecule has 1 spiro atoms. The maximum atomic E-state index is 7.82. The molecular weight excluding hydrogens is 940 g/mol. The Morgan fingerprint density at radius 1 is 0.618 bits per heavy atom. The molecule has 76 heavy (non-hydrogen) atoms. The first-order valence-electron chi connectivity index (χ1n) is 28.1. The zero-order chi connectivity index (χ0) is 52.7. The van der Waals surface area contributed by atoms with Crippen LogP contribution >= 0.6 is 11.3 Å². The van der Waals surface area contributed by atoms with Gasteiger partial charge in [-0.15, -0.1) is 11.3 Å². The molecule has 5 heteroatoms. The summed E-state index contributed by atoms with van der Waals surface area (Å²) in [5, 5.41) is 2.71. The molecule has 14 rings (SSSR count). The van der Waals surface area contributed by atoms with E-state index < -0.39 is 5.60 Å². The Morgan fingerprint density at radius 3 is 1.88 bits per heavy atom. The molecule has 0 N–H and O–H groups in total. The Bertz CT molecular complexity index is 3860. The van der Waals surface area contributed by atoms with E-state index in [0.29, 0.717) is 5.92 Å². The SMILES string of the molecule is CC1=CC2=C(C(C)C1)C1(Cc3cc4c(cc3O1)N(c1ccc(C(C)(C)C)cc1)c1cc(-c3ccccc3)cc3c1B4c1c(sc4cc5c(cc14)C(C)(C)CCC5(C)C)N3c1ccc(C(C)(C)C)cc1)c1ccc(C)cc12. The highest BCUT2D eigenvalue weighted by atomic mass is 32.1. The van der Waals surface area contributed by atoms with Crippen LogP contribution in [0.4, 0.5) is 33.4 Å². The zero-order valence-corrected chi connectivity index (χ0v) is 47.8. The number of benzene rings is 7. The van der Waals surface area contributed by atoms with E-state index in [2.05, 4.69) is 239 Å². The van der Waals surface area contributed by atoms with Gasteiger partial charge in [-0.1, -0.05) is 172 Å². The highest BCUT2D eigenvalue weighted by Gasteiger charge is 2.55. The second-order valence-corrected chi connectivity index (χ2v) is 28.1. The molecule has 1 aromatic heterocycles. The van der Waals surface area contributed by atoms with Gasteiger partial charge in [0, 0.05) is 51.2 Å². The van der Waals surface area contributed by atoms with Gasteiger partial charge in [-0.3, -0.25) is 0 Å². The van der Waals surface area contributed by atoms with E-state index in [4.69, 9.17) is 4.74 Å². The summed E-state index contributed by atoms with van der Waals surface area (Å²) in [4.78, 5) is 5.27. The number of hydrogen-bond acceptors (Lipinski definition) is 4. The summed E-state index contributed by atoms with van der Waals surface area (Å²) < 4.78 is 9.19. The van der Waals surface area contributed by atoms with E-state index in [-0.39, 0.29) is 28.4 Å². The number of allylic oxidation sites excluding steroid dienone is 3. The lowest BCUT2D eigenvalue weighted by Crippen LogP contribution is -2.61. The van der Waals surface area contributed by atoms with Crippen LogP contribution in [0.15, 0.2) is 151 Å². The molecule has 6 aliphatic rings. The number of anilines is 6. The minimum Gasteiger partial charge on any atom is -0.477 e. The lowest BCUT2D eigenvalue weighted by molar-refractivity contribution is 0.127. The number of aryl methyl sites for hydroxylation is 1. The van der Waals surface area contributed by atoms with E-state index in [1.807, 2.05) is 11.3 Å². The molecule has 0 amide bonds. The molecule has 3 aliphatic carbocycles. The topological polar surface area (TPSA) is 15.7 Å². The van der Waals surface area contributed by atoms with Crippen LogP contribution in [0.25, 0.3) is 26.8 Å². The van der Waals surface area contributed by atoms with Gasteiger partial charge in [0.05, 0.1) is 5.00 Å². The molecule has 0 bridgehead atoms. The van der Waals surface area contributed by atoms with Gasteiger partial charge in [-0.05, 0) is 187 Å². The minimum atomic E-state index is -0.570. The van der Waals surface area contributed by atoms with Gasteiger partial charge in [0.2, 0.25) is 0 Å². The van der Waals surface area contributed by atoms with Gasteiger partial charge in [-0.2, -0.15) is 0 Å². The summed E-state index contributed by atoms with van der Waals surface area (Å²) in [6.07, 6.45) is 6.68. The second-order valence-electron chi connectivity index (χ2n) is 27.1. The maximum Gasteiger partial charge on any atom is 0.254 e. The van der Waals surface area contributed by atoms with Gasteiger partial charge in [0.15, 0.2) is 5.60 Å². The molecule has 8 aromatic rings. The van der Waals surface area contributed by atoms with Crippen LogP contribution in [0, 0.1) is 12.8 Å². The third-order valence-electron chi connectivity index (χ3n) is 18.8. The van der Waals surface area contributed by atoms with Crippen molar-refractivity contribution in [3.63, 3.8) is 0 Å². The lowest BCUT2D eigenvalue weighted by atomic mass is 9.33. The predicted molar refractivity (Wildman–Crippen MR) is 326 cm³/mol. The lowest BCUT2D eigenvalue weighted by Gasteiger charge is -2.44. The van der Waals surface area contributed by atoms with Gasteiger partial charge in [0.1, 0.15) is 5.75 Å². The van der Waals surface area contributed by atoms with Crippen molar-refractivity contribution in [1.29, 1.82) is 0 Å². The fourth-order valence-electron chi connectivity index (χ4n) is 14.7. The van der Waals surface area contributed by atoms with Crippen LogP contribution < -0.4 is 30.9 Å². The number of fused-ring (bicyclic) bond motifs is 12. The Morgan fingerprint density at radius 2 is 1.24 bits per heavy atom. The van der Waals surface area contributed by atoms with Crippen molar-refractivity contribution in [1.82, 2.24) is 0 Å². The van der Waals surface area contributed by atoms with Crippen molar-refractivity contribution in [2.45, 2.75) is 143 Å². The van der Waals surface area contributed by atoms with E-state index in [1.54, 1.807) is 0 Å². The average Bonchev–Trinajstić information content (AvgIpc) is 3.76. The van der Waals surface area contributed by atoms with Crippen LogP contribution in [-0.2, 0) is 33.7 Å². The van der Waals surface area contributed by atoms with Crippen LogP contribution in [0.3, 0.4) is 0 Å². The van der Waals surface area contributed by atoms with Crippen molar-refractivity contribution in [2.75, 3.05) is 9.80 Å². The minimum absolute atomic E-state index is 0.00879. The zero-order valence-electron chi connectivity index (χ0n) is 47.0. The first kappa shape index (κ1) is 47.9. The molecule has 0 saturated heterocycles. The molecule has 380 valence electrons. The smallest absolute Gasteiger partial charge is 0.254 e. The molecule has 2 atom stereocenters. The summed E-state index contributed by atoms with van der Waals surface area (Å²) in [5.41, 5.74) is 27.4. The van der Waals surface area contributed by atoms with E-state index in [1.165, 1.54) is 139 Å². The Balaban J connectivity index is 1.09. The summed E-state index contributed by atoms with van der Waals surface area (Å²) in [6, 6.07) is 52.6. The number of rotatable bonds is 3. The Hall–Kier alpha value is -6.56. The highest BCUT2D eigenvalue weighted by Crippen LogP contribution is 2.60. The van der Waals surface area contributed by atoms with E-state index in [0.717, 1.165) is 24.3 Å². The van der Waals surface area contributed by atoms with Crippen LogP contribution in [0.1, 0.15) is 147 Å². The van der Waals surface area contributed by atoms with Crippen LogP contribution in [-0.4, -0.2) is 6.71 Å². The molecule has 0 radical (unpaired) electrons. The molecule has 7 aromatic carbocycles. The van der Waals surface area contributed by atoms with Gasteiger partial charge in [0.25, 0.3) is 6.71 Å². The highest BCUT2D eigenvalue weighted by molar-refractivity contribution is 7.26. The maximum absolute atomic E-state index is 7.82. The molecule has 2 unspecified atom stereocenters. The van der Waals surface area contributed by atoms with Crippen molar-refractivity contribution < 1.29 is 4.74 Å². The predicted octanol–water partition coefficient (Wildman–Crippen LogP) is 17.5. The molecule has 0 saturated carbocycles.